The Morgan fingerprint density at radius 2 is 2.07 bits per heavy atom. The van der Waals surface area contributed by atoms with Crippen molar-refractivity contribution >= 4 is 33.0 Å². The topological polar surface area (TPSA) is 84.6 Å². The molecule has 0 saturated heterocycles. The Hall–Kier alpha value is -3.32. The molecule has 0 aliphatic heterocycles. The second-order valence-electron chi connectivity index (χ2n) is 6.44. The molecule has 7 heteroatoms. The average molecular weight is 453 g/mol. The number of nitrogens with zero attached hydrogens (tertiary/aromatic N) is 1. The molecule has 0 spiro atoms. The molecule has 0 aliphatic rings. The number of carbonyl (C=O) groups is 1. The van der Waals surface area contributed by atoms with Gasteiger partial charge in [-0.25, -0.2) is 4.79 Å². The molecule has 4 aromatic rings. The fourth-order valence-electron chi connectivity index (χ4n) is 3.11. The largest absolute Gasteiger partial charge is 0.488 e. The van der Waals surface area contributed by atoms with Gasteiger partial charge in [0.15, 0.2) is 0 Å². The van der Waals surface area contributed by atoms with Gasteiger partial charge in [-0.15, -0.1) is 0 Å². The number of pyridine rings is 1. The number of halogens is 1. The maximum Gasteiger partial charge on any atom is 0.404 e. The Kier molecular flexibility index (Phi) is 5.48. The molecule has 4 rings (SSSR count). The normalized spacial score (nSPS) is 10.8. The zero-order valence-corrected chi connectivity index (χ0v) is 16.8. The number of carboxylic acid groups (broad SMARTS) is 1. The first-order valence-corrected chi connectivity index (χ1v) is 9.68. The lowest BCUT2D eigenvalue weighted by atomic mass is 9.99. The van der Waals surface area contributed by atoms with Crippen LogP contribution in [0.15, 0.2) is 76.1 Å². The van der Waals surface area contributed by atoms with E-state index in [-0.39, 0.29) is 6.54 Å². The van der Waals surface area contributed by atoms with Gasteiger partial charge in [-0.3, -0.25) is 4.98 Å². The number of hydrogen-bond acceptors (Lipinski definition) is 4. The first-order valence-electron chi connectivity index (χ1n) is 8.89. The first-order chi connectivity index (χ1) is 14.1. The molecule has 2 aromatic heterocycles. The summed E-state index contributed by atoms with van der Waals surface area (Å²) in [6.07, 6.45) is 3.98. The van der Waals surface area contributed by atoms with Crippen LogP contribution in [0, 0.1) is 0 Å². The standard InChI is InChI=1S/C22H17BrN2O4/c23-19-12-24-6-4-20(19)29-13-15-9-17-5-7-28-21(17)18(10-15)16-3-1-2-14(8-16)11-25-22(26)27/h1-10,12,25H,11,13H2,(H,26,27). The van der Waals surface area contributed by atoms with Gasteiger partial charge in [0.05, 0.1) is 10.7 Å². The maximum absolute atomic E-state index is 10.8. The minimum absolute atomic E-state index is 0.239. The summed E-state index contributed by atoms with van der Waals surface area (Å²) in [7, 11) is 0. The number of ether oxygens (including phenoxy) is 1. The van der Waals surface area contributed by atoms with Crippen molar-refractivity contribution in [2.45, 2.75) is 13.2 Å². The van der Waals surface area contributed by atoms with Crippen LogP contribution in [0.4, 0.5) is 4.79 Å². The second-order valence-corrected chi connectivity index (χ2v) is 7.29. The summed E-state index contributed by atoms with van der Waals surface area (Å²) in [5.74, 6) is 0.718. The number of benzene rings is 2. The highest BCUT2D eigenvalue weighted by atomic mass is 79.9. The van der Waals surface area contributed by atoms with Crippen molar-refractivity contribution < 1.29 is 19.1 Å². The molecule has 2 N–H and O–H groups in total. The van der Waals surface area contributed by atoms with Gasteiger partial charge in [0.2, 0.25) is 0 Å². The predicted octanol–water partition coefficient (Wildman–Crippen LogP) is 5.60. The van der Waals surface area contributed by atoms with E-state index in [1.807, 2.05) is 42.5 Å². The third kappa shape index (κ3) is 4.41. The van der Waals surface area contributed by atoms with Crippen LogP contribution in [-0.2, 0) is 13.2 Å². The van der Waals surface area contributed by atoms with Crippen molar-refractivity contribution in [2.75, 3.05) is 0 Å². The molecular weight excluding hydrogens is 436 g/mol. The Morgan fingerprint density at radius 1 is 1.17 bits per heavy atom. The second kappa shape index (κ2) is 8.36. The lowest BCUT2D eigenvalue weighted by molar-refractivity contribution is 0.194. The first kappa shape index (κ1) is 19.0. The fourth-order valence-corrected chi connectivity index (χ4v) is 3.47. The molecule has 146 valence electrons. The summed E-state index contributed by atoms with van der Waals surface area (Å²) in [6, 6.07) is 15.5. The van der Waals surface area contributed by atoms with Crippen molar-refractivity contribution in [1.29, 1.82) is 0 Å². The van der Waals surface area contributed by atoms with Gasteiger partial charge in [-0.2, -0.15) is 0 Å². The Morgan fingerprint density at radius 3 is 2.90 bits per heavy atom. The molecule has 1 amide bonds. The van der Waals surface area contributed by atoms with Gasteiger partial charge in [-0.05, 0) is 63.0 Å². The zero-order valence-electron chi connectivity index (χ0n) is 15.3. The number of hydrogen-bond donors (Lipinski definition) is 2. The van der Waals surface area contributed by atoms with Crippen LogP contribution in [0.5, 0.6) is 5.75 Å². The lowest BCUT2D eigenvalue weighted by Gasteiger charge is -2.11. The van der Waals surface area contributed by atoms with Gasteiger partial charge in [0.25, 0.3) is 0 Å². The number of fused-ring (bicyclic) bond motifs is 1. The number of aromatic nitrogens is 1. The van der Waals surface area contributed by atoms with Crippen molar-refractivity contribution in [3.05, 3.63) is 82.8 Å². The summed E-state index contributed by atoms with van der Waals surface area (Å²) >= 11 is 3.44. The third-order valence-electron chi connectivity index (χ3n) is 4.42. The lowest BCUT2D eigenvalue weighted by Crippen LogP contribution is -2.19. The van der Waals surface area contributed by atoms with E-state index in [9.17, 15) is 4.79 Å². The maximum atomic E-state index is 10.8. The van der Waals surface area contributed by atoms with Gasteiger partial charge in [-0.1, -0.05) is 18.2 Å². The van der Waals surface area contributed by atoms with Gasteiger partial charge in [0, 0.05) is 29.9 Å². The molecular formula is C22H17BrN2O4. The van der Waals surface area contributed by atoms with E-state index < -0.39 is 6.09 Å². The quantitative estimate of drug-likeness (QED) is 0.397. The van der Waals surface area contributed by atoms with E-state index in [4.69, 9.17) is 14.3 Å². The summed E-state index contributed by atoms with van der Waals surface area (Å²) < 4.78 is 12.4. The van der Waals surface area contributed by atoms with E-state index in [1.54, 1.807) is 24.7 Å². The van der Waals surface area contributed by atoms with Crippen LogP contribution in [0.1, 0.15) is 11.1 Å². The monoisotopic (exact) mass is 452 g/mol. The van der Waals surface area contributed by atoms with E-state index in [0.717, 1.165) is 43.4 Å². The average Bonchev–Trinajstić information content (AvgIpc) is 3.20. The summed E-state index contributed by atoms with van der Waals surface area (Å²) in [5, 5.41) is 12.2. The number of rotatable bonds is 6. The highest BCUT2D eigenvalue weighted by Gasteiger charge is 2.11. The van der Waals surface area contributed by atoms with Crippen LogP contribution in [-0.4, -0.2) is 16.2 Å². The summed E-state index contributed by atoms with van der Waals surface area (Å²) in [6.45, 7) is 0.625. The molecule has 0 radical (unpaired) electrons. The van der Waals surface area contributed by atoms with Crippen LogP contribution in [0.2, 0.25) is 0 Å². The van der Waals surface area contributed by atoms with Crippen LogP contribution in [0.25, 0.3) is 22.1 Å². The van der Waals surface area contributed by atoms with Gasteiger partial charge in [0.1, 0.15) is 17.9 Å². The molecule has 0 aliphatic carbocycles. The van der Waals surface area contributed by atoms with Crippen molar-refractivity contribution in [3.8, 4) is 16.9 Å². The summed E-state index contributed by atoms with van der Waals surface area (Å²) in [5.41, 5.74) is 4.51. The molecule has 0 atom stereocenters. The zero-order chi connectivity index (χ0) is 20.2. The van der Waals surface area contributed by atoms with Crippen molar-refractivity contribution in [2.24, 2.45) is 0 Å². The van der Waals surface area contributed by atoms with Crippen molar-refractivity contribution in [1.82, 2.24) is 10.3 Å². The molecule has 0 bridgehead atoms. The fraction of sp³-hybridized carbons (Fsp3) is 0.0909. The third-order valence-corrected chi connectivity index (χ3v) is 5.02. The van der Waals surface area contributed by atoms with Gasteiger partial charge >= 0.3 is 6.09 Å². The molecule has 2 heterocycles. The number of nitrogens with one attached hydrogen (secondary N) is 1. The smallest absolute Gasteiger partial charge is 0.404 e. The van der Waals surface area contributed by atoms with Crippen LogP contribution in [0.3, 0.4) is 0 Å². The molecule has 0 saturated carbocycles. The Balaban J connectivity index is 1.66. The Labute approximate surface area is 175 Å². The van der Waals surface area contributed by atoms with Crippen LogP contribution >= 0.6 is 15.9 Å². The molecule has 0 fully saturated rings. The van der Waals surface area contributed by atoms with Crippen molar-refractivity contribution in [3.63, 3.8) is 0 Å². The number of amides is 1. The number of furan rings is 1. The minimum Gasteiger partial charge on any atom is -0.488 e. The predicted molar refractivity (Wildman–Crippen MR) is 113 cm³/mol. The van der Waals surface area contributed by atoms with E-state index in [2.05, 4.69) is 26.2 Å². The van der Waals surface area contributed by atoms with E-state index in [0.29, 0.717) is 6.61 Å². The highest BCUT2D eigenvalue weighted by molar-refractivity contribution is 9.10. The minimum atomic E-state index is -1.05. The van der Waals surface area contributed by atoms with Gasteiger partial charge < -0.3 is 19.6 Å². The molecule has 0 unspecified atom stereocenters. The summed E-state index contributed by atoms with van der Waals surface area (Å²) in [4.78, 5) is 14.8. The SMILES string of the molecule is O=C(O)NCc1cccc(-c2cc(COc3ccncc3Br)cc3ccoc23)c1. The molecule has 2 aromatic carbocycles. The molecule has 6 nitrogen and oxygen atoms in total. The van der Waals surface area contributed by atoms with E-state index in [1.165, 1.54) is 0 Å². The van der Waals surface area contributed by atoms with Crippen LogP contribution < -0.4 is 10.1 Å². The Bertz CT molecular complexity index is 1170. The highest BCUT2D eigenvalue weighted by Crippen LogP contribution is 2.32. The van der Waals surface area contributed by atoms with E-state index >= 15 is 0 Å². The molecule has 29 heavy (non-hydrogen) atoms.